The van der Waals surface area contributed by atoms with E-state index in [-0.39, 0.29) is 11.3 Å². The Bertz CT molecular complexity index is 1170. The van der Waals surface area contributed by atoms with E-state index >= 15 is 0 Å². The van der Waals surface area contributed by atoms with E-state index in [1.807, 2.05) is 19.1 Å². The van der Waals surface area contributed by atoms with Crippen molar-refractivity contribution in [3.8, 4) is 0 Å². The quantitative estimate of drug-likeness (QED) is 0.326. The van der Waals surface area contributed by atoms with Gasteiger partial charge in [-0.05, 0) is 66.1 Å². The Kier molecular flexibility index (Phi) is 5.61. The molecule has 6 heteroatoms. The van der Waals surface area contributed by atoms with Crippen LogP contribution in [0.1, 0.15) is 29.7 Å². The van der Waals surface area contributed by atoms with Crippen LogP contribution >= 0.6 is 11.6 Å². The molecule has 0 bridgehead atoms. The molecule has 1 heterocycles. The predicted octanol–water partition coefficient (Wildman–Crippen LogP) is 5.67. The molecule has 0 aliphatic carbocycles. The van der Waals surface area contributed by atoms with Gasteiger partial charge < -0.3 is 5.11 Å². The van der Waals surface area contributed by atoms with Gasteiger partial charge in [0, 0.05) is 16.3 Å². The predicted molar refractivity (Wildman–Crippen MR) is 118 cm³/mol. The monoisotopic (exact) mass is 435 g/mol. The van der Waals surface area contributed by atoms with E-state index in [0.717, 1.165) is 12.0 Å². The number of Topliss-reactive ketones (excluding diaryl/α,β-unsaturated/α-hetero) is 1. The van der Waals surface area contributed by atoms with Gasteiger partial charge in [0.2, 0.25) is 0 Å². The standard InChI is InChI=1S/C25H19ClFNO3/c1-2-15-3-13-20(14-4-15)28-22(16-7-11-19(27)12-8-16)21(24(30)25(28)31)23(29)17-5-9-18(26)10-6-17/h3-14,22,29H,2H2,1H3/b23-21+. The van der Waals surface area contributed by atoms with Gasteiger partial charge in [-0.1, -0.05) is 42.8 Å². The average Bonchev–Trinajstić information content (AvgIpc) is 3.05. The highest BCUT2D eigenvalue weighted by atomic mass is 35.5. The van der Waals surface area contributed by atoms with Crippen LogP contribution in [-0.4, -0.2) is 16.8 Å². The Morgan fingerprint density at radius 3 is 2.16 bits per heavy atom. The summed E-state index contributed by atoms with van der Waals surface area (Å²) in [6, 6.07) is 18.3. The molecule has 1 aliphatic rings. The number of anilines is 1. The van der Waals surface area contributed by atoms with Crippen molar-refractivity contribution in [2.24, 2.45) is 0 Å². The molecular weight excluding hydrogens is 417 g/mol. The van der Waals surface area contributed by atoms with Crippen LogP contribution in [0.3, 0.4) is 0 Å². The van der Waals surface area contributed by atoms with Gasteiger partial charge in [-0.15, -0.1) is 0 Å². The van der Waals surface area contributed by atoms with Crippen molar-refractivity contribution in [3.05, 3.63) is 106 Å². The Hall–Kier alpha value is -3.44. The number of carbonyl (C=O) groups is 2. The van der Waals surface area contributed by atoms with E-state index in [1.54, 1.807) is 36.4 Å². The second-order valence-electron chi connectivity index (χ2n) is 7.25. The minimum absolute atomic E-state index is 0.0569. The van der Waals surface area contributed by atoms with E-state index in [0.29, 0.717) is 21.8 Å². The third kappa shape index (κ3) is 3.84. The lowest BCUT2D eigenvalue weighted by Crippen LogP contribution is -2.29. The summed E-state index contributed by atoms with van der Waals surface area (Å²) in [7, 11) is 0. The summed E-state index contributed by atoms with van der Waals surface area (Å²) in [5.74, 6) is -2.31. The molecule has 31 heavy (non-hydrogen) atoms. The van der Waals surface area contributed by atoms with Crippen LogP contribution in [-0.2, 0) is 16.0 Å². The smallest absolute Gasteiger partial charge is 0.300 e. The summed E-state index contributed by atoms with van der Waals surface area (Å²) in [5, 5.41) is 11.5. The highest BCUT2D eigenvalue weighted by Gasteiger charge is 2.46. The molecule has 1 N–H and O–H groups in total. The van der Waals surface area contributed by atoms with Gasteiger partial charge in [0.15, 0.2) is 0 Å². The lowest BCUT2D eigenvalue weighted by atomic mass is 9.95. The molecule has 1 atom stereocenters. The summed E-state index contributed by atoms with van der Waals surface area (Å²) in [6.07, 6.45) is 0.830. The maximum atomic E-state index is 13.6. The summed E-state index contributed by atoms with van der Waals surface area (Å²) >= 11 is 5.93. The highest BCUT2D eigenvalue weighted by molar-refractivity contribution is 6.51. The zero-order valence-corrected chi connectivity index (χ0v) is 17.4. The van der Waals surface area contributed by atoms with Gasteiger partial charge in [0.25, 0.3) is 11.7 Å². The molecule has 1 unspecified atom stereocenters. The minimum Gasteiger partial charge on any atom is -0.507 e. The number of aliphatic hydroxyl groups excluding tert-OH is 1. The number of rotatable bonds is 4. The zero-order valence-electron chi connectivity index (χ0n) is 16.7. The van der Waals surface area contributed by atoms with Gasteiger partial charge in [-0.25, -0.2) is 4.39 Å². The number of benzene rings is 3. The second kappa shape index (κ2) is 8.36. The van der Waals surface area contributed by atoms with Crippen LogP contribution in [0, 0.1) is 5.82 Å². The molecule has 3 aromatic rings. The lowest BCUT2D eigenvalue weighted by Gasteiger charge is -2.25. The number of aryl methyl sites for hydroxylation is 1. The second-order valence-corrected chi connectivity index (χ2v) is 7.68. The number of amides is 1. The first-order valence-corrected chi connectivity index (χ1v) is 10.2. The average molecular weight is 436 g/mol. The number of hydrogen-bond donors (Lipinski definition) is 1. The molecule has 1 fully saturated rings. The van der Waals surface area contributed by atoms with Gasteiger partial charge in [-0.3, -0.25) is 14.5 Å². The first-order valence-electron chi connectivity index (χ1n) is 9.82. The topological polar surface area (TPSA) is 57.6 Å². The Morgan fingerprint density at radius 1 is 0.968 bits per heavy atom. The number of nitrogens with zero attached hydrogens (tertiary/aromatic N) is 1. The van der Waals surface area contributed by atoms with Crippen molar-refractivity contribution < 1.29 is 19.1 Å². The van der Waals surface area contributed by atoms with Crippen molar-refractivity contribution in [2.45, 2.75) is 19.4 Å². The minimum atomic E-state index is -0.899. The first-order chi connectivity index (χ1) is 14.9. The molecule has 0 aromatic heterocycles. The fourth-order valence-electron chi connectivity index (χ4n) is 3.71. The molecule has 4 nitrogen and oxygen atoms in total. The first kappa shape index (κ1) is 20.8. The summed E-state index contributed by atoms with van der Waals surface area (Å²) < 4.78 is 13.6. The maximum Gasteiger partial charge on any atom is 0.300 e. The molecule has 1 aliphatic heterocycles. The number of ketones is 1. The van der Waals surface area contributed by atoms with Crippen LogP contribution in [0.5, 0.6) is 0 Å². The molecule has 0 spiro atoms. The van der Waals surface area contributed by atoms with Gasteiger partial charge in [-0.2, -0.15) is 0 Å². The van der Waals surface area contributed by atoms with Crippen molar-refractivity contribution in [1.29, 1.82) is 0 Å². The normalized spacial score (nSPS) is 17.9. The lowest BCUT2D eigenvalue weighted by molar-refractivity contribution is -0.132. The summed E-state index contributed by atoms with van der Waals surface area (Å²) in [6.45, 7) is 2.02. The molecule has 0 saturated carbocycles. The highest BCUT2D eigenvalue weighted by Crippen LogP contribution is 2.42. The van der Waals surface area contributed by atoms with Crippen molar-refractivity contribution in [3.63, 3.8) is 0 Å². The number of halogens is 2. The van der Waals surface area contributed by atoms with Crippen LogP contribution in [0.15, 0.2) is 78.4 Å². The summed E-state index contributed by atoms with van der Waals surface area (Å²) in [5.41, 5.74) is 2.41. The molecule has 0 radical (unpaired) electrons. The van der Waals surface area contributed by atoms with Crippen LogP contribution in [0.25, 0.3) is 5.76 Å². The van der Waals surface area contributed by atoms with Gasteiger partial charge in [0.1, 0.15) is 11.6 Å². The van der Waals surface area contributed by atoms with Crippen LogP contribution in [0.4, 0.5) is 10.1 Å². The third-order valence-corrected chi connectivity index (χ3v) is 5.62. The number of hydrogen-bond acceptors (Lipinski definition) is 3. The molecule has 1 amide bonds. The van der Waals surface area contributed by atoms with Crippen molar-refractivity contribution in [1.82, 2.24) is 0 Å². The van der Waals surface area contributed by atoms with E-state index < -0.39 is 23.5 Å². The molecule has 4 rings (SSSR count). The summed E-state index contributed by atoms with van der Waals surface area (Å²) in [4.78, 5) is 27.4. The Labute approximate surface area is 184 Å². The fraction of sp³-hybridized carbons (Fsp3) is 0.120. The van der Waals surface area contributed by atoms with E-state index in [2.05, 4.69) is 0 Å². The fourth-order valence-corrected chi connectivity index (χ4v) is 3.84. The Morgan fingerprint density at radius 2 is 1.58 bits per heavy atom. The van der Waals surface area contributed by atoms with Crippen molar-refractivity contribution >= 4 is 34.7 Å². The van der Waals surface area contributed by atoms with Crippen LogP contribution < -0.4 is 4.90 Å². The SMILES string of the molecule is CCc1ccc(N2C(=O)C(=O)/C(=C(/O)c3ccc(Cl)cc3)C2c2ccc(F)cc2)cc1. The number of carbonyl (C=O) groups excluding carboxylic acids is 2. The number of aliphatic hydroxyl groups is 1. The van der Waals surface area contributed by atoms with E-state index in [9.17, 15) is 19.1 Å². The molecule has 3 aromatic carbocycles. The van der Waals surface area contributed by atoms with E-state index in [4.69, 9.17) is 11.6 Å². The zero-order chi connectivity index (χ0) is 22.1. The Balaban J connectivity index is 1.91. The molecule has 1 saturated heterocycles. The van der Waals surface area contributed by atoms with Crippen molar-refractivity contribution in [2.75, 3.05) is 4.90 Å². The van der Waals surface area contributed by atoms with Gasteiger partial charge in [0.05, 0.1) is 11.6 Å². The largest absolute Gasteiger partial charge is 0.507 e. The molecular formula is C25H19ClFNO3. The van der Waals surface area contributed by atoms with Gasteiger partial charge >= 0.3 is 0 Å². The molecule has 156 valence electrons. The van der Waals surface area contributed by atoms with E-state index in [1.165, 1.54) is 29.2 Å². The maximum absolute atomic E-state index is 13.6. The third-order valence-electron chi connectivity index (χ3n) is 5.37. The van der Waals surface area contributed by atoms with Crippen LogP contribution in [0.2, 0.25) is 5.02 Å².